The highest BCUT2D eigenvalue weighted by atomic mass is 16.5. The third-order valence-electron chi connectivity index (χ3n) is 5.78. The van der Waals surface area contributed by atoms with Gasteiger partial charge in [0.05, 0.1) is 18.1 Å². The lowest BCUT2D eigenvalue weighted by molar-refractivity contribution is -0.137. The Morgan fingerprint density at radius 2 is 2.21 bits per heavy atom. The number of pyridine rings is 1. The molecule has 2 atom stereocenters. The maximum absolute atomic E-state index is 12.6. The van der Waals surface area contributed by atoms with Crippen molar-refractivity contribution in [1.82, 2.24) is 15.2 Å². The minimum Gasteiger partial charge on any atom is -0.381 e. The van der Waals surface area contributed by atoms with E-state index in [1.165, 1.54) is 0 Å². The molecule has 128 valence electrons. The molecule has 4 heterocycles. The fraction of sp³-hybridized carbons (Fsp3) is 0.611. The Kier molecular flexibility index (Phi) is 4.00. The third-order valence-corrected chi connectivity index (χ3v) is 5.78. The molecule has 6 heteroatoms. The smallest absolute Gasteiger partial charge is 0.228 e. The first kappa shape index (κ1) is 15.6. The average Bonchev–Trinajstić information content (AvgIpc) is 3.24. The van der Waals surface area contributed by atoms with E-state index in [2.05, 4.69) is 10.3 Å². The second-order valence-corrected chi connectivity index (χ2v) is 7.13. The van der Waals surface area contributed by atoms with Gasteiger partial charge in [-0.15, -0.1) is 0 Å². The fourth-order valence-electron chi connectivity index (χ4n) is 4.40. The molecule has 0 saturated carbocycles. The minimum absolute atomic E-state index is 0.0198. The quantitative estimate of drug-likeness (QED) is 0.881. The molecule has 3 aliphatic heterocycles. The molecule has 24 heavy (non-hydrogen) atoms. The molecule has 0 radical (unpaired) electrons. The Balaban J connectivity index is 1.48. The van der Waals surface area contributed by atoms with E-state index < -0.39 is 0 Å². The van der Waals surface area contributed by atoms with E-state index in [-0.39, 0.29) is 29.2 Å². The van der Waals surface area contributed by atoms with E-state index in [0.29, 0.717) is 32.7 Å². The molecule has 1 spiro atoms. The van der Waals surface area contributed by atoms with Crippen molar-refractivity contribution in [3.05, 3.63) is 30.1 Å². The molecule has 0 unspecified atom stereocenters. The first-order chi connectivity index (χ1) is 11.7. The molecule has 3 saturated heterocycles. The van der Waals surface area contributed by atoms with Gasteiger partial charge >= 0.3 is 0 Å². The molecule has 0 aromatic carbocycles. The van der Waals surface area contributed by atoms with Gasteiger partial charge in [-0.2, -0.15) is 0 Å². The predicted octanol–water partition coefficient (Wildman–Crippen LogP) is 1.08. The summed E-state index contributed by atoms with van der Waals surface area (Å²) in [5, 5.41) is 3.22. The molecular formula is C18H23N3O3. The molecule has 1 aromatic heterocycles. The van der Waals surface area contributed by atoms with Crippen LogP contribution in [0.15, 0.2) is 24.5 Å². The van der Waals surface area contributed by atoms with Gasteiger partial charge in [-0.1, -0.05) is 6.07 Å². The first-order valence-corrected chi connectivity index (χ1v) is 8.75. The van der Waals surface area contributed by atoms with Crippen molar-refractivity contribution < 1.29 is 14.3 Å². The van der Waals surface area contributed by atoms with Crippen molar-refractivity contribution >= 4 is 11.8 Å². The van der Waals surface area contributed by atoms with Gasteiger partial charge in [0.15, 0.2) is 0 Å². The zero-order valence-corrected chi connectivity index (χ0v) is 13.7. The highest BCUT2D eigenvalue weighted by Gasteiger charge is 2.49. The number of rotatable bonds is 2. The highest BCUT2D eigenvalue weighted by molar-refractivity contribution is 5.82. The van der Waals surface area contributed by atoms with Crippen LogP contribution in [0.3, 0.4) is 0 Å². The van der Waals surface area contributed by atoms with E-state index in [1.54, 1.807) is 6.20 Å². The van der Waals surface area contributed by atoms with Crippen LogP contribution in [0.4, 0.5) is 0 Å². The summed E-state index contributed by atoms with van der Waals surface area (Å²) in [7, 11) is 0. The number of piperidine rings is 1. The molecule has 0 aliphatic carbocycles. The van der Waals surface area contributed by atoms with Gasteiger partial charge in [-0.05, 0) is 30.9 Å². The van der Waals surface area contributed by atoms with Crippen molar-refractivity contribution in [1.29, 1.82) is 0 Å². The molecule has 4 rings (SSSR count). The Morgan fingerprint density at radius 3 is 2.88 bits per heavy atom. The van der Waals surface area contributed by atoms with E-state index in [4.69, 9.17) is 4.74 Å². The van der Waals surface area contributed by atoms with E-state index in [1.807, 2.05) is 23.2 Å². The highest BCUT2D eigenvalue weighted by Crippen LogP contribution is 2.43. The summed E-state index contributed by atoms with van der Waals surface area (Å²) < 4.78 is 5.34. The van der Waals surface area contributed by atoms with E-state index in [9.17, 15) is 9.59 Å². The van der Waals surface area contributed by atoms with Gasteiger partial charge in [-0.25, -0.2) is 0 Å². The number of carbonyl (C=O) groups excluding carboxylic acids is 2. The van der Waals surface area contributed by atoms with Crippen LogP contribution in [0.5, 0.6) is 0 Å². The fourth-order valence-corrected chi connectivity index (χ4v) is 4.40. The van der Waals surface area contributed by atoms with Crippen molar-refractivity contribution in [2.75, 3.05) is 26.3 Å². The van der Waals surface area contributed by atoms with Gasteiger partial charge < -0.3 is 15.0 Å². The van der Waals surface area contributed by atoms with Crippen LogP contribution in [0, 0.1) is 5.92 Å². The molecule has 3 fully saturated rings. The Labute approximate surface area is 141 Å². The van der Waals surface area contributed by atoms with Crippen molar-refractivity contribution in [2.24, 2.45) is 5.92 Å². The zero-order valence-electron chi connectivity index (χ0n) is 13.7. The lowest BCUT2D eigenvalue weighted by atomic mass is 9.74. The monoisotopic (exact) mass is 329 g/mol. The molecule has 1 N–H and O–H groups in total. The Bertz CT molecular complexity index is 620. The van der Waals surface area contributed by atoms with E-state index in [0.717, 1.165) is 24.8 Å². The Hall–Kier alpha value is -1.95. The lowest BCUT2D eigenvalue weighted by Crippen LogP contribution is -2.55. The number of hydrogen-bond acceptors (Lipinski definition) is 4. The second-order valence-electron chi connectivity index (χ2n) is 7.13. The van der Waals surface area contributed by atoms with Crippen LogP contribution >= 0.6 is 0 Å². The summed E-state index contributed by atoms with van der Waals surface area (Å²) in [6.45, 7) is 2.64. The summed E-state index contributed by atoms with van der Waals surface area (Å²) in [6.07, 6.45) is 6.56. The predicted molar refractivity (Wildman–Crippen MR) is 87.2 cm³/mol. The SMILES string of the molecule is O=C1C[C@@H](c2cccnc2)C2(CCN(C(=O)[C@@H]3CCOC3)CC2)N1. The van der Waals surface area contributed by atoms with Crippen LogP contribution < -0.4 is 5.32 Å². The van der Waals surface area contributed by atoms with Gasteiger partial charge in [0, 0.05) is 44.4 Å². The lowest BCUT2D eigenvalue weighted by Gasteiger charge is -2.43. The number of nitrogens with one attached hydrogen (secondary N) is 1. The van der Waals surface area contributed by atoms with Crippen LogP contribution in [0.1, 0.15) is 37.2 Å². The molecule has 0 bridgehead atoms. The molecular weight excluding hydrogens is 306 g/mol. The number of nitrogens with zero attached hydrogens (tertiary/aromatic N) is 2. The van der Waals surface area contributed by atoms with E-state index >= 15 is 0 Å². The van der Waals surface area contributed by atoms with Crippen LogP contribution in [0.25, 0.3) is 0 Å². The van der Waals surface area contributed by atoms with Crippen LogP contribution in [-0.2, 0) is 14.3 Å². The maximum atomic E-state index is 12.6. The second kappa shape index (κ2) is 6.16. The molecule has 6 nitrogen and oxygen atoms in total. The van der Waals surface area contributed by atoms with Gasteiger partial charge in [0.1, 0.15) is 0 Å². The molecule has 3 aliphatic rings. The molecule has 1 aromatic rings. The van der Waals surface area contributed by atoms with Gasteiger partial charge in [0.25, 0.3) is 0 Å². The number of amides is 2. The van der Waals surface area contributed by atoms with Gasteiger partial charge in [-0.3, -0.25) is 14.6 Å². The number of carbonyl (C=O) groups is 2. The number of likely N-dealkylation sites (tertiary alicyclic amines) is 1. The average molecular weight is 329 g/mol. The largest absolute Gasteiger partial charge is 0.381 e. The number of hydrogen-bond donors (Lipinski definition) is 1. The summed E-state index contributed by atoms with van der Waals surface area (Å²) in [5.74, 6) is 0.481. The Morgan fingerprint density at radius 1 is 1.38 bits per heavy atom. The first-order valence-electron chi connectivity index (χ1n) is 8.75. The summed E-state index contributed by atoms with van der Waals surface area (Å²) in [5.41, 5.74) is 0.878. The zero-order chi connectivity index (χ0) is 16.6. The number of aromatic nitrogens is 1. The number of ether oxygens (including phenoxy) is 1. The van der Waals surface area contributed by atoms with Crippen molar-refractivity contribution in [3.63, 3.8) is 0 Å². The summed E-state index contributed by atoms with van der Waals surface area (Å²) in [6, 6.07) is 3.97. The summed E-state index contributed by atoms with van der Waals surface area (Å²) in [4.78, 5) is 30.8. The van der Waals surface area contributed by atoms with Crippen LogP contribution in [0.2, 0.25) is 0 Å². The van der Waals surface area contributed by atoms with Crippen molar-refractivity contribution in [3.8, 4) is 0 Å². The summed E-state index contributed by atoms with van der Waals surface area (Å²) >= 11 is 0. The van der Waals surface area contributed by atoms with Crippen LogP contribution in [-0.4, -0.2) is 53.5 Å². The standard InChI is InChI=1S/C18H23N3O3/c22-16-10-15(13-2-1-6-19-11-13)18(20-16)4-7-21(8-5-18)17(23)14-3-9-24-12-14/h1-2,6,11,14-15H,3-5,7-10,12H2,(H,20,22)/t14-,15+/m1/s1. The maximum Gasteiger partial charge on any atom is 0.228 e. The topological polar surface area (TPSA) is 71.5 Å². The minimum atomic E-state index is -0.233. The van der Waals surface area contributed by atoms with Gasteiger partial charge in [0.2, 0.25) is 11.8 Å². The normalized spacial score (nSPS) is 29.0. The molecule has 2 amide bonds. The van der Waals surface area contributed by atoms with Crippen molar-refractivity contribution in [2.45, 2.75) is 37.1 Å². The third kappa shape index (κ3) is 2.69.